The van der Waals surface area contributed by atoms with Crippen molar-refractivity contribution in [2.75, 3.05) is 0 Å². The van der Waals surface area contributed by atoms with E-state index in [0.717, 1.165) is 6.42 Å². The van der Waals surface area contributed by atoms with Gasteiger partial charge in [-0.3, -0.25) is 0 Å². The Morgan fingerprint density at radius 3 is 1.59 bits per heavy atom. The van der Waals surface area contributed by atoms with Gasteiger partial charge in [-0.15, -0.1) is 0 Å². The van der Waals surface area contributed by atoms with E-state index in [1.54, 1.807) is 0 Å². The molecule has 0 radical (unpaired) electrons. The van der Waals surface area contributed by atoms with Crippen molar-refractivity contribution in [2.24, 2.45) is 0 Å². The molecule has 0 aliphatic rings. The zero-order chi connectivity index (χ0) is 27.3. The van der Waals surface area contributed by atoms with Crippen LogP contribution >= 0.6 is 0 Å². The van der Waals surface area contributed by atoms with Crippen LogP contribution in [0.5, 0.6) is 0 Å². The van der Waals surface area contributed by atoms with E-state index < -0.39 is 0 Å². The minimum Gasteiger partial charge on any atom is -0.314 e. The molecule has 1 heteroatoms. The third kappa shape index (κ3) is 3.77. The first-order valence-corrected chi connectivity index (χ1v) is 14.4. The summed E-state index contributed by atoms with van der Waals surface area (Å²) in [4.78, 5) is 0. The molecule has 41 heavy (non-hydrogen) atoms. The van der Waals surface area contributed by atoms with E-state index >= 15 is 0 Å². The Hall–Kier alpha value is -5.14. The first kappa shape index (κ1) is 23.7. The Morgan fingerprint density at radius 2 is 0.951 bits per heavy atom. The SMILES string of the molecule is CCc1cc2ccccc2n1-c1ccc(-c2c3ccccc3c(-c3ccc4ccccc4c3)c3ccccc23)cc1. The van der Waals surface area contributed by atoms with E-state index in [-0.39, 0.29) is 0 Å². The maximum absolute atomic E-state index is 2.40. The number of para-hydroxylation sites is 1. The lowest BCUT2D eigenvalue weighted by molar-refractivity contribution is 0.961. The zero-order valence-electron chi connectivity index (χ0n) is 23.0. The molecule has 194 valence electrons. The number of nitrogens with zero attached hydrogens (tertiary/aromatic N) is 1. The van der Waals surface area contributed by atoms with Gasteiger partial charge in [0.15, 0.2) is 0 Å². The highest BCUT2D eigenvalue weighted by atomic mass is 15.0. The zero-order valence-corrected chi connectivity index (χ0v) is 23.0. The second-order valence-electron chi connectivity index (χ2n) is 10.8. The molecule has 0 amide bonds. The van der Waals surface area contributed by atoms with Crippen molar-refractivity contribution in [1.29, 1.82) is 0 Å². The van der Waals surface area contributed by atoms with Crippen molar-refractivity contribution in [2.45, 2.75) is 13.3 Å². The summed E-state index contributed by atoms with van der Waals surface area (Å²) in [6.45, 7) is 2.23. The number of aryl methyl sites for hydroxylation is 1. The van der Waals surface area contributed by atoms with E-state index in [1.165, 1.54) is 76.9 Å². The van der Waals surface area contributed by atoms with Crippen molar-refractivity contribution in [3.05, 3.63) is 151 Å². The van der Waals surface area contributed by atoms with Crippen molar-refractivity contribution in [3.8, 4) is 27.9 Å². The molecule has 1 nitrogen and oxygen atoms in total. The molecule has 0 unspecified atom stereocenters. The van der Waals surface area contributed by atoms with Crippen LogP contribution in [0.1, 0.15) is 12.6 Å². The molecule has 0 aliphatic carbocycles. The molecule has 0 spiro atoms. The summed E-state index contributed by atoms with van der Waals surface area (Å²) < 4.78 is 2.40. The first-order chi connectivity index (χ1) is 20.3. The highest BCUT2D eigenvalue weighted by molar-refractivity contribution is 6.21. The Labute approximate surface area is 239 Å². The van der Waals surface area contributed by atoms with Gasteiger partial charge in [0.25, 0.3) is 0 Å². The topological polar surface area (TPSA) is 4.93 Å². The predicted octanol–water partition coefficient (Wildman–Crippen LogP) is 11.0. The van der Waals surface area contributed by atoms with Gasteiger partial charge in [-0.1, -0.05) is 122 Å². The van der Waals surface area contributed by atoms with Crippen LogP contribution in [-0.2, 0) is 6.42 Å². The number of benzene rings is 7. The van der Waals surface area contributed by atoms with Crippen LogP contribution in [0, 0.1) is 0 Å². The van der Waals surface area contributed by atoms with E-state index in [1.807, 2.05) is 0 Å². The van der Waals surface area contributed by atoms with Gasteiger partial charge in [0, 0.05) is 16.8 Å². The van der Waals surface area contributed by atoms with Gasteiger partial charge in [-0.25, -0.2) is 0 Å². The highest BCUT2D eigenvalue weighted by Gasteiger charge is 2.17. The summed E-state index contributed by atoms with van der Waals surface area (Å²) >= 11 is 0. The summed E-state index contributed by atoms with van der Waals surface area (Å²) in [6.07, 6.45) is 0.988. The fourth-order valence-electron chi connectivity index (χ4n) is 6.65. The van der Waals surface area contributed by atoms with E-state index in [2.05, 4.69) is 157 Å². The Balaban J connectivity index is 1.36. The molecule has 0 aliphatic heterocycles. The number of hydrogen-bond acceptors (Lipinski definition) is 0. The monoisotopic (exact) mass is 523 g/mol. The van der Waals surface area contributed by atoms with Crippen LogP contribution in [0.4, 0.5) is 0 Å². The summed E-state index contributed by atoms with van der Waals surface area (Å²) in [7, 11) is 0. The molecule has 0 saturated carbocycles. The molecule has 0 fully saturated rings. The fourth-order valence-corrected chi connectivity index (χ4v) is 6.65. The van der Waals surface area contributed by atoms with Crippen molar-refractivity contribution in [3.63, 3.8) is 0 Å². The van der Waals surface area contributed by atoms with Crippen molar-refractivity contribution >= 4 is 43.2 Å². The van der Waals surface area contributed by atoms with Gasteiger partial charge in [0.05, 0.1) is 5.52 Å². The molecule has 8 rings (SSSR count). The van der Waals surface area contributed by atoms with Crippen LogP contribution in [0.2, 0.25) is 0 Å². The average Bonchev–Trinajstić information content (AvgIpc) is 3.42. The van der Waals surface area contributed by atoms with Crippen LogP contribution in [0.15, 0.2) is 146 Å². The van der Waals surface area contributed by atoms with Gasteiger partial charge in [0.1, 0.15) is 0 Å². The maximum atomic E-state index is 2.40. The van der Waals surface area contributed by atoms with Gasteiger partial charge in [-0.05, 0) is 91.3 Å². The molecular formula is C40H29N. The quantitative estimate of drug-likeness (QED) is 0.202. The Morgan fingerprint density at radius 1 is 0.439 bits per heavy atom. The second kappa shape index (κ2) is 9.50. The summed E-state index contributed by atoms with van der Waals surface area (Å²) in [6, 6.07) is 53.4. The minimum atomic E-state index is 0.988. The lowest BCUT2D eigenvalue weighted by atomic mass is 9.85. The third-order valence-electron chi connectivity index (χ3n) is 8.53. The molecule has 7 aromatic carbocycles. The molecule has 8 aromatic rings. The fraction of sp³-hybridized carbons (Fsp3) is 0.0500. The van der Waals surface area contributed by atoms with Crippen molar-refractivity contribution < 1.29 is 0 Å². The van der Waals surface area contributed by atoms with E-state index in [4.69, 9.17) is 0 Å². The lowest BCUT2D eigenvalue weighted by Gasteiger charge is -2.18. The predicted molar refractivity (Wildman–Crippen MR) is 176 cm³/mol. The number of rotatable bonds is 4. The van der Waals surface area contributed by atoms with Gasteiger partial charge < -0.3 is 4.57 Å². The van der Waals surface area contributed by atoms with E-state index in [0.29, 0.717) is 0 Å². The van der Waals surface area contributed by atoms with Crippen molar-refractivity contribution in [1.82, 2.24) is 4.57 Å². The van der Waals surface area contributed by atoms with Crippen LogP contribution in [0.25, 0.3) is 71.2 Å². The minimum absolute atomic E-state index is 0.988. The molecular weight excluding hydrogens is 494 g/mol. The second-order valence-corrected chi connectivity index (χ2v) is 10.8. The summed E-state index contributed by atoms with van der Waals surface area (Å²) in [5.74, 6) is 0. The van der Waals surface area contributed by atoms with Crippen LogP contribution in [0.3, 0.4) is 0 Å². The molecule has 0 saturated heterocycles. The molecule has 0 atom stereocenters. The maximum Gasteiger partial charge on any atom is 0.0531 e. The summed E-state index contributed by atoms with van der Waals surface area (Å²) in [5.41, 5.74) is 8.87. The van der Waals surface area contributed by atoms with Gasteiger partial charge in [-0.2, -0.15) is 0 Å². The normalized spacial score (nSPS) is 11.6. The standard InChI is InChI=1S/C40H29N/c1-2-32-26-30-13-5-10-18-38(30)41(32)33-23-21-28(22-24-33)39-34-14-6-8-16-36(34)40(37-17-9-7-15-35(37)39)31-20-19-27-11-3-4-12-29(27)25-31/h3-26H,2H2,1H3. The highest BCUT2D eigenvalue weighted by Crippen LogP contribution is 2.44. The first-order valence-electron chi connectivity index (χ1n) is 14.4. The van der Waals surface area contributed by atoms with Gasteiger partial charge in [0.2, 0.25) is 0 Å². The van der Waals surface area contributed by atoms with Crippen LogP contribution < -0.4 is 0 Å². The largest absolute Gasteiger partial charge is 0.314 e. The number of hydrogen-bond donors (Lipinski definition) is 0. The molecule has 0 bridgehead atoms. The smallest absolute Gasteiger partial charge is 0.0531 e. The third-order valence-corrected chi connectivity index (χ3v) is 8.53. The molecule has 0 N–H and O–H groups in total. The molecule has 1 heterocycles. The summed E-state index contributed by atoms with van der Waals surface area (Å²) in [5, 5.41) is 8.95. The Bertz CT molecular complexity index is 2170. The number of aromatic nitrogens is 1. The van der Waals surface area contributed by atoms with Gasteiger partial charge >= 0.3 is 0 Å². The molecule has 1 aromatic heterocycles. The average molecular weight is 524 g/mol. The number of fused-ring (bicyclic) bond motifs is 4. The lowest BCUT2D eigenvalue weighted by Crippen LogP contribution is -1.99. The van der Waals surface area contributed by atoms with E-state index in [9.17, 15) is 0 Å². The Kier molecular flexibility index (Phi) is 5.50. The van der Waals surface area contributed by atoms with Crippen LogP contribution in [-0.4, -0.2) is 4.57 Å².